The average Bonchev–Trinajstić information content (AvgIpc) is 3.45. The van der Waals surface area contributed by atoms with Crippen LogP contribution in [0.4, 0.5) is 23.5 Å². The normalized spacial score (nSPS) is 16.6. The van der Waals surface area contributed by atoms with Gasteiger partial charge in [-0.1, -0.05) is 0 Å². The fourth-order valence-electron chi connectivity index (χ4n) is 3.49. The molecular formula is C18H21BrN8O3. The number of hydrazone groups is 1. The van der Waals surface area contributed by atoms with Crippen molar-refractivity contribution in [1.82, 2.24) is 15.0 Å². The predicted molar refractivity (Wildman–Crippen MR) is 116 cm³/mol. The van der Waals surface area contributed by atoms with Gasteiger partial charge in [0.25, 0.3) is 5.69 Å². The molecule has 4 rings (SSSR count). The number of non-ortho nitro benzene ring substituents is 1. The third kappa shape index (κ3) is 4.42. The highest BCUT2D eigenvalue weighted by Gasteiger charge is 2.21. The molecule has 2 fully saturated rings. The molecule has 158 valence electrons. The van der Waals surface area contributed by atoms with Crippen molar-refractivity contribution in [2.24, 2.45) is 5.10 Å². The Labute approximate surface area is 181 Å². The van der Waals surface area contributed by atoms with E-state index in [1.54, 1.807) is 0 Å². The van der Waals surface area contributed by atoms with Gasteiger partial charge in [-0.2, -0.15) is 20.1 Å². The van der Waals surface area contributed by atoms with E-state index in [4.69, 9.17) is 0 Å². The minimum absolute atomic E-state index is 0.141. The molecule has 12 heteroatoms. The molecule has 11 nitrogen and oxygen atoms in total. The molecule has 0 amide bonds. The van der Waals surface area contributed by atoms with Crippen molar-refractivity contribution < 1.29 is 10.0 Å². The summed E-state index contributed by atoms with van der Waals surface area (Å²) in [6.07, 6.45) is 5.71. The van der Waals surface area contributed by atoms with Crippen LogP contribution in [0.3, 0.4) is 0 Å². The van der Waals surface area contributed by atoms with Gasteiger partial charge in [0.05, 0.1) is 15.6 Å². The van der Waals surface area contributed by atoms with Crippen LogP contribution in [-0.2, 0) is 0 Å². The SMILES string of the molecule is O=[N+]([O-])c1cc(Br)c(O)c(/C=N\Nc2nc(N3CCCC3)nc(N3CCCC3)n2)c1. The number of halogens is 1. The predicted octanol–water partition coefficient (Wildman–Crippen LogP) is 2.89. The first-order valence-electron chi connectivity index (χ1n) is 9.73. The summed E-state index contributed by atoms with van der Waals surface area (Å²) in [6, 6.07) is 2.47. The highest BCUT2D eigenvalue weighted by molar-refractivity contribution is 9.10. The number of phenols is 1. The number of nitrogens with zero attached hydrogens (tertiary/aromatic N) is 7. The van der Waals surface area contributed by atoms with Crippen LogP contribution in [0.15, 0.2) is 21.7 Å². The molecule has 1 aromatic heterocycles. The van der Waals surface area contributed by atoms with Gasteiger partial charge in [-0.05, 0) is 41.6 Å². The van der Waals surface area contributed by atoms with E-state index in [0.717, 1.165) is 51.9 Å². The van der Waals surface area contributed by atoms with Crippen LogP contribution in [0.2, 0.25) is 0 Å². The van der Waals surface area contributed by atoms with Crippen molar-refractivity contribution in [2.45, 2.75) is 25.7 Å². The molecule has 3 heterocycles. The first-order chi connectivity index (χ1) is 14.5. The van der Waals surface area contributed by atoms with Crippen LogP contribution >= 0.6 is 15.9 Å². The molecule has 30 heavy (non-hydrogen) atoms. The fourth-order valence-corrected chi connectivity index (χ4v) is 3.95. The second-order valence-electron chi connectivity index (χ2n) is 7.14. The Morgan fingerprint density at radius 3 is 2.17 bits per heavy atom. The number of anilines is 3. The van der Waals surface area contributed by atoms with Crippen LogP contribution in [0.5, 0.6) is 5.75 Å². The van der Waals surface area contributed by atoms with Gasteiger partial charge in [0.15, 0.2) is 0 Å². The number of hydrogen-bond acceptors (Lipinski definition) is 10. The summed E-state index contributed by atoms with van der Waals surface area (Å²) < 4.78 is 0.214. The molecule has 2 aliphatic heterocycles. The Bertz CT molecular complexity index is 940. The van der Waals surface area contributed by atoms with Crippen LogP contribution in [0.25, 0.3) is 0 Å². The van der Waals surface area contributed by atoms with E-state index in [9.17, 15) is 15.2 Å². The van der Waals surface area contributed by atoms with Crippen molar-refractivity contribution in [3.05, 3.63) is 32.3 Å². The minimum atomic E-state index is -0.536. The Balaban J connectivity index is 1.58. The molecule has 0 atom stereocenters. The van der Waals surface area contributed by atoms with Gasteiger partial charge in [-0.15, -0.1) is 0 Å². The summed E-state index contributed by atoms with van der Waals surface area (Å²) in [5.41, 5.74) is 2.81. The summed E-state index contributed by atoms with van der Waals surface area (Å²) >= 11 is 3.12. The van der Waals surface area contributed by atoms with E-state index < -0.39 is 4.92 Å². The topological polar surface area (TPSA) is 133 Å². The molecule has 2 N–H and O–H groups in total. The number of rotatable bonds is 6. The first-order valence-corrected chi connectivity index (χ1v) is 10.5. The number of aromatic hydroxyl groups is 1. The monoisotopic (exact) mass is 476 g/mol. The Morgan fingerprint density at radius 1 is 1.07 bits per heavy atom. The van der Waals surface area contributed by atoms with Gasteiger partial charge in [0.1, 0.15) is 5.75 Å². The zero-order chi connectivity index (χ0) is 21.1. The third-order valence-corrected chi connectivity index (χ3v) is 5.65. The summed E-state index contributed by atoms with van der Waals surface area (Å²) in [7, 11) is 0. The molecule has 0 spiro atoms. The number of benzene rings is 1. The van der Waals surface area contributed by atoms with Gasteiger partial charge in [0, 0.05) is 43.9 Å². The lowest BCUT2D eigenvalue weighted by Gasteiger charge is -2.20. The Morgan fingerprint density at radius 2 is 1.63 bits per heavy atom. The lowest BCUT2D eigenvalue weighted by molar-refractivity contribution is -0.385. The largest absolute Gasteiger partial charge is 0.506 e. The molecule has 0 aliphatic carbocycles. The van der Waals surface area contributed by atoms with Gasteiger partial charge in [0.2, 0.25) is 17.8 Å². The highest BCUT2D eigenvalue weighted by atomic mass is 79.9. The van der Waals surface area contributed by atoms with Crippen LogP contribution in [-0.4, -0.2) is 57.4 Å². The summed E-state index contributed by atoms with van der Waals surface area (Å²) in [5.74, 6) is 1.37. The summed E-state index contributed by atoms with van der Waals surface area (Å²) in [4.78, 5) is 28.3. The van der Waals surface area contributed by atoms with E-state index >= 15 is 0 Å². The first kappa shape index (κ1) is 20.3. The molecule has 0 radical (unpaired) electrons. The smallest absolute Gasteiger partial charge is 0.271 e. The standard InChI is InChI=1S/C18H21BrN8O3/c19-14-10-13(27(29)30)9-12(15(14)28)11-20-24-16-21-17(25-5-1-2-6-25)23-18(22-16)26-7-3-4-8-26/h9-11,28H,1-8H2,(H,21,22,23,24)/b20-11-. The van der Waals surface area contributed by atoms with E-state index in [1.165, 1.54) is 18.3 Å². The number of phenolic OH excluding ortho intramolecular Hbond substituents is 1. The van der Waals surface area contributed by atoms with E-state index in [2.05, 4.69) is 51.2 Å². The summed E-state index contributed by atoms with van der Waals surface area (Å²) in [6.45, 7) is 3.62. The van der Waals surface area contributed by atoms with Gasteiger partial charge >= 0.3 is 0 Å². The molecule has 0 unspecified atom stereocenters. The third-order valence-electron chi connectivity index (χ3n) is 5.05. The number of nitro groups is 1. The quantitative estimate of drug-likeness (QED) is 0.366. The zero-order valence-electron chi connectivity index (χ0n) is 16.2. The average molecular weight is 477 g/mol. The number of nitro benzene ring substituents is 1. The fraction of sp³-hybridized carbons (Fsp3) is 0.444. The van der Waals surface area contributed by atoms with Crippen LogP contribution in [0.1, 0.15) is 31.2 Å². The maximum Gasteiger partial charge on any atom is 0.271 e. The number of nitrogens with one attached hydrogen (secondary N) is 1. The number of hydrogen-bond donors (Lipinski definition) is 2. The number of aromatic nitrogens is 3. The lowest BCUT2D eigenvalue weighted by atomic mass is 10.2. The zero-order valence-corrected chi connectivity index (χ0v) is 17.7. The minimum Gasteiger partial charge on any atom is -0.506 e. The molecule has 2 aliphatic rings. The van der Waals surface area contributed by atoms with Crippen molar-refractivity contribution in [3.8, 4) is 5.75 Å². The Hall–Kier alpha value is -3.02. The van der Waals surface area contributed by atoms with Crippen LogP contribution < -0.4 is 15.2 Å². The van der Waals surface area contributed by atoms with E-state index in [0.29, 0.717) is 11.9 Å². The second-order valence-corrected chi connectivity index (χ2v) is 7.99. The maximum atomic E-state index is 11.0. The van der Waals surface area contributed by atoms with Crippen molar-refractivity contribution in [1.29, 1.82) is 0 Å². The second kappa shape index (κ2) is 8.78. The summed E-state index contributed by atoms with van der Waals surface area (Å²) in [5, 5.41) is 25.3. The highest BCUT2D eigenvalue weighted by Crippen LogP contribution is 2.31. The molecule has 0 bridgehead atoms. The molecule has 2 aromatic rings. The van der Waals surface area contributed by atoms with Gasteiger partial charge < -0.3 is 14.9 Å². The molecule has 2 saturated heterocycles. The van der Waals surface area contributed by atoms with Crippen molar-refractivity contribution >= 4 is 45.7 Å². The van der Waals surface area contributed by atoms with Crippen molar-refractivity contribution in [3.63, 3.8) is 0 Å². The molecule has 0 saturated carbocycles. The van der Waals surface area contributed by atoms with Crippen LogP contribution in [0, 0.1) is 10.1 Å². The van der Waals surface area contributed by atoms with Crippen molar-refractivity contribution in [2.75, 3.05) is 41.4 Å². The maximum absolute atomic E-state index is 11.0. The van der Waals surface area contributed by atoms with E-state index in [-0.39, 0.29) is 27.4 Å². The van der Waals surface area contributed by atoms with E-state index in [1.807, 2.05) is 0 Å². The Kier molecular flexibility index (Phi) is 5.93. The van der Waals surface area contributed by atoms with Gasteiger partial charge in [-0.3, -0.25) is 10.1 Å². The van der Waals surface area contributed by atoms with Gasteiger partial charge in [-0.25, -0.2) is 5.43 Å². The lowest BCUT2D eigenvalue weighted by Crippen LogP contribution is -2.25. The molecular weight excluding hydrogens is 456 g/mol. The molecule has 1 aromatic carbocycles.